The third-order valence-electron chi connectivity index (χ3n) is 5.63. The number of aliphatic hydroxyl groups is 1. The van der Waals surface area contributed by atoms with Crippen molar-refractivity contribution in [1.29, 1.82) is 0 Å². The van der Waals surface area contributed by atoms with E-state index >= 15 is 0 Å². The van der Waals surface area contributed by atoms with E-state index in [1.807, 2.05) is 0 Å². The van der Waals surface area contributed by atoms with Gasteiger partial charge in [0.05, 0.1) is 29.9 Å². The molecule has 36 heavy (non-hydrogen) atoms. The summed E-state index contributed by atoms with van der Waals surface area (Å²) in [4.78, 5) is 43.3. The van der Waals surface area contributed by atoms with E-state index in [4.69, 9.17) is 20.7 Å². The number of hydrogen-bond acceptors (Lipinski definition) is 10. The molecule has 1 aliphatic rings. The van der Waals surface area contributed by atoms with Gasteiger partial charge in [-0.1, -0.05) is 5.16 Å². The van der Waals surface area contributed by atoms with Gasteiger partial charge in [-0.3, -0.25) is 24.3 Å². The monoisotopic (exact) mass is 492 g/mol. The summed E-state index contributed by atoms with van der Waals surface area (Å²) in [6, 6.07) is 7.96. The number of pyridine rings is 1. The molecule has 6 N–H and O–H groups in total. The minimum atomic E-state index is -1.90. The van der Waals surface area contributed by atoms with Crippen LogP contribution in [0.25, 0.3) is 16.7 Å². The van der Waals surface area contributed by atoms with Crippen LogP contribution in [0.1, 0.15) is 10.4 Å². The van der Waals surface area contributed by atoms with Gasteiger partial charge in [-0.25, -0.2) is 4.68 Å². The van der Waals surface area contributed by atoms with E-state index < -0.39 is 29.9 Å². The van der Waals surface area contributed by atoms with Gasteiger partial charge in [0.15, 0.2) is 29.4 Å². The van der Waals surface area contributed by atoms with E-state index in [1.54, 1.807) is 41.5 Å². The minimum absolute atomic E-state index is 0.0201. The zero-order chi connectivity index (χ0) is 25.4. The highest BCUT2D eigenvalue weighted by Gasteiger charge is 2.40. The van der Waals surface area contributed by atoms with Gasteiger partial charge in [0.2, 0.25) is 0 Å². The molecule has 14 heteroatoms. The van der Waals surface area contributed by atoms with Crippen molar-refractivity contribution in [2.45, 2.75) is 12.2 Å². The molecule has 3 aromatic heterocycles. The van der Waals surface area contributed by atoms with Gasteiger partial charge in [-0.05, 0) is 24.3 Å². The summed E-state index contributed by atoms with van der Waals surface area (Å²) in [6.07, 6.45) is 1.48. The van der Waals surface area contributed by atoms with E-state index in [0.29, 0.717) is 11.2 Å². The fourth-order valence-electron chi connectivity index (χ4n) is 3.87. The lowest BCUT2D eigenvalue weighted by Gasteiger charge is -2.32. The fourth-order valence-corrected chi connectivity index (χ4v) is 3.87. The van der Waals surface area contributed by atoms with E-state index in [-0.39, 0.29) is 35.8 Å². The van der Waals surface area contributed by atoms with E-state index in [2.05, 4.69) is 20.6 Å². The fraction of sp³-hybridized carbons (Fsp3) is 0.182. The molecule has 4 aromatic rings. The quantitative estimate of drug-likeness (QED) is 0.279. The molecule has 4 heterocycles. The Balaban J connectivity index is 1.35. The van der Waals surface area contributed by atoms with Crippen molar-refractivity contribution in [3.63, 3.8) is 0 Å². The maximum atomic E-state index is 13.1. The molecule has 1 fully saturated rings. The molecular formula is C22H20N8O6. The number of nitrogens with one attached hydrogen (secondary N) is 1. The van der Waals surface area contributed by atoms with E-state index in [1.165, 1.54) is 17.0 Å². The lowest BCUT2D eigenvalue weighted by Crippen LogP contribution is -2.55. The molecule has 0 radical (unpaired) electrons. The number of morpholine rings is 1. The standard InChI is InChI=1S/C22H20N8O6/c23-19-12-1-2-13(15(20(24)32)17(12)36-28-19)26-21(33)16(31)18-22(34)29(9-10-35-18)14-5-8-30(27-14)11-3-6-25-7-4-11/h1-8,16,18,31H,9-10H2,(H2,23,28)(H2,24,32)(H,26,33). The highest BCUT2D eigenvalue weighted by atomic mass is 16.5. The summed E-state index contributed by atoms with van der Waals surface area (Å²) >= 11 is 0. The molecular weight excluding hydrogens is 472 g/mol. The van der Waals surface area contributed by atoms with Crippen LogP contribution < -0.4 is 21.7 Å². The van der Waals surface area contributed by atoms with E-state index in [0.717, 1.165) is 5.69 Å². The van der Waals surface area contributed by atoms with Crippen LogP contribution in [0.15, 0.2) is 53.4 Å². The Labute approximate surface area is 202 Å². The number of rotatable bonds is 6. The topological polar surface area (TPSA) is 205 Å². The molecule has 5 rings (SSSR count). The predicted molar refractivity (Wildman–Crippen MR) is 125 cm³/mol. The molecule has 0 aliphatic carbocycles. The Morgan fingerprint density at radius 1 is 1.19 bits per heavy atom. The Morgan fingerprint density at radius 3 is 2.72 bits per heavy atom. The number of nitrogens with two attached hydrogens (primary N) is 2. The van der Waals surface area contributed by atoms with Crippen LogP contribution in [0.5, 0.6) is 0 Å². The number of primary amides is 1. The highest BCUT2D eigenvalue weighted by molar-refractivity contribution is 6.13. The van der Waals surface area contributed by atoms with Crippen molar-refractivity contribution in [1.82, 2.24) is 19.9 Å². The number of nitrogens with zero attached hydrogens (tertiary/aromatic N) is 5. The molecule has 1 aromatic carbocycles. The zero-order valence-electron chi connectivity index (χ0n) is 18.6. The van der Waals surface area contributed by atoms with Crippen molar-refractivity contribution in [3.8, 4) is 5.69 Å². The summed E-state index contributed by atoms with van der Waals surface area (Å²) in [5, 5.41) is 21.4. The Hall–Kier alpha value is -4.82. The van der Waals surface area contributed by atoms with Gasteiger partial charge in [0, 0.05) is 24.7 Å². The summed E-state index contributed by atoms with van der Waals surface area (Å²) in [5.74, 6) is -2.20. The Morgan fingerprint density at radius 2 is 1.97 bits per heavy atom. The maximum Gasteiger partial charge on any atom is 0.260 e. The molecule has 1 saturated heterocycles. The van der Waals surface area contributed by atoms with Gasteiger partial charge in [0.25, 0.3) is 17.7 Å². The number of ether oxygens (including phenoxy) is 1. The van der Waals surface area contributed by atoms with Gasteiger partial charge < -0.3 is 31.2 Å². The van der Waals surface area contributed by atoms with Gasteiger partial charge in [-0.15, -0.1) is 5.10 Å². The number of carbonyl (C=O) groups excluding carboxylic acids is 3. The number of benzene rings is 1. The first-order valence-corrected chi connectivity index (χ1v) is 10.7. The molecule has 0 bridgehead atoms. The van der Waals surface area contributed by atoms with Crippen LogP contribution in [-0.2, 0) is 14.3 Å². The summed E-state index contributed by atoms with van der Waals surface area (Å²) in [6.45, 7) is 0.227. The third kappa shape index (κ3) is 3.99. The summed E-state index contributed by atoms with van der Waals surface area (Å²) in [5.41, 5.74) is 11.6. The number of carbonyl (C=O) groups is 3. The molecule has 1 aliphatic heterocycles. The summed E-state index contributed by atoms with van der Waals surface area (Å²) < 4.78 is 12.1. The van der Waals surface area contributed by atoms with Crippen LogP contribution in [0.2, 0.25) is 0 Å². The lowest BCUT2D eigenvalue weighted by atomic mass is 10.1. The third-order valence-corrected chi connectivity index (χ3v) is 5.63. The van der Waals surface area contributed by atoms with Crippen molar-refractivity contribution in [3.05, 3.63) is 54.5 Å². The predicted octanol–water partition coefficient (Wildman–Crippen LogP) is -0.179. The number of aliphatic hydroxyl groups excluding tert-OH is 1. The first-order chi connectivity index (χ1) is 17.3. The number of aromatic nitrogens is 4. The number of amides is 3. The molecule has 14 nitrogen and oxygen atoms in total. The highest BCUT2D eigenvalue weighted by Crippen LogP contribution is 2.30. The van der Waals surface area contributed by atoms with Crippen molar-refractivity contribution in [2.24, 2.45) is 5.73 Å². The second-order valence-corrected chi connectivity index (χ2v) is 7.84. The largest absolute Gasteiger partial charge is 0.380 e. The van der Waals surface area contributed by atoms with Crippen molar-refractivity contribution < 1.29 is 28.8 Å². The normalized spacial score (nSPS) is 16.8. The lowest BCUT2D eigenvalue weighted by molar-refractivity contribution is -0.150. The first-order valence-electron chi connectivity index (χ1n) is 10.7. The average molecular weight is 492 g/mol. The Bertz CT molecular complexity index is 1470. The van der Waals surface area contributed by atoms with Crippen LogP contribution in [-0.4, -0.2) is 68.1 Å². The number of fused-ring (bicyclic) bond motifs is 1. The second kappa shape index (κ2) is 9.09. The summed E-state index contributed by atoms with van der Waals surface area (Å²) in [7, 11) is 0. The van der Waals surface area contributed by atoms with Crippen LogP contribution in [0, 0.1) is 0 Å². The van der Waals surface area contributed by atoms with Crippen LogP contribution >= 0.6 is 0 Å². The van der Waals surface area contributed by atoms with Crippen LogP contribution in [0.4, 0.5) is 17.3 Å². The van der Waals surface area contributed by atoms with Crippen molar-refractivity contribution >= 4 is 46.0 Å². The van der Waals surface area contributed by atoms with Gasteiger partial charge in [-0.2, -0.15) is 0 Å². The number of anilines is 3. The number of hydrogen-bond donors (Lipinski definition) is 4. The molecule has 0 saturated carbocycles. The average Bonchev–Trinajstić information content (AvgIpc) is 3.51. The van der Waals surface area contributed by atoms with Crippen LogP contribution in [0.3, 0.4) is 0 Å². The van der Waals surface area contributed by atoms with Gasteiger partial charge in [0.1, 0.15) is 5.56 Å². The molecule has 2 atom stereocenters. The smallest absolute Gasteiger partial charge is 0.260 e. The SMILES string of the molecule is NC(=O)c1c(NC(=O)C(O)C2OCCN(c3ccn(-c4ccncc4)n3)C2=O)ccc2c(N)noc12. The molecule has 184 valence electrons. The zero-order valence-corrected chi connectivity index (χ0v) is 18.6. The molecule has 0 spiro atoms. The first kappa shape index (κ1) is 22.9. The Kier molecular flexibility index (Phi) is 5.79. The second-order valence-electron chi connectivity index (χ2n) is 7.84. The number of nitrogen functional groups attached to an aromatic ring is 1. The minimum Gasteiger partial charge on any atom is -0.380 e. The van der Waals surface area contributed by atoms with Gasteiger partial charge >= 0.3 is 0 Å². The van der Waals surface area contributed by atoms with E-state index in [9.17, 15) is 19.5 Å². The molecule has 2 unspecified atom stereocenters. The maximum absolute atomic E-state index is 13.1. The molecule has 3 amide bonds. The van der Waals surface area contributed by atoms with Crippen molar-refractivity contribution in [2.75, 3.05) is 29.1 Å².